The van der Waals surface area contributed by atoms with Crippen LogP contribution in [-0.2, 0) is 6.54 Å². The van der Waals surface area contributed by atoms with Gasteiger partial charge in [0, 0.05) is 16.5 Å². The first-order chi connectivity index (χ1) is 9.85. The van der Waals surface area contributed by atoms with Gasteiger partial charge in [0.1, 0.15) is 12.7 Å². The van der Waals surface area contributed by atoms with Crippen LogP contribution in [-0.4, -0.2) is 20.5 Å². The number of carbonyl (C=O) groups is 1. The van der Waals surface area contributed by atoms with Crippen molar-refractivity contribution in [1.82, 2.24) is 14.8 Å². The lowest BCUT2D eigenvalue weighted by Gasteiger charge is -2.25. The van der Waals surface area contributed by atoms with Gasteiger partial charge in [-0.2, -0.15) is 5.10 Å². The van der Waals surface area contributed by atoms with Crippen molar-refractivity contribution < 1.29 is 4.79 Å². The molecule has 1 atom stereocenters. The first-order valence-corrected chi connectivity index (χ1v) is 7.35. The molecular weight excluding hydrogens is 286 g/mol. The predicted octanol–water partition coefficient (Wildman–Crippen LogP) is 3.87. The van der Waals surface area contributed by atoms with Gasteiger partial charge < -0.3 is 0 Å². The van der Waals surface area contributed by atoms with Crippen LogP contribution in [0.3, 0.4) is 0 Å². The standard InChI is InChI=1S/C16H20ClN3O/c1-16(2,3)8-13(9-20-11-18-10-19-20)15(21)12-4-6-14(17)7-5-12/h4-7,10-11,13H,8-9H2,1-3H3. The highest BCUT2D eigenvalue weighted by Gasteiger charge is 2.26. The van der Waals surface area contributed by atoms with Crippen molar-refractivity contribution in [3.63, 3.8) is 0 Å². The van der Waals surface area contributed by atoms with E-state index in [4.69, 9.17) is 11.6 Å². The predicted molar refractivity (Wildman–Crippen MR) is 83.4 cm³/mol. The number of rotatable bonds is 5. The van der Waals surface area contributed by atoms with Gasteiger partial charge in [0.15, 0.2) is 5.78 Å². The highest BCUT2D eigenvalue weighted by Crippen LogP contribution is 2.28. The Morgan fingerprint density at radius 3 is 2.48 bits per heavy atom. The number of carbonyl (C=O) groups excluding carboxylic acids is 1. The molecule has 0 bridgehead atoms. The van der Waals surface area contributed by atoms with Crippen LogP contribution >= 0.6 is 11.6 Å². The topological polar surface area (TPSA) is 47.8 Å². The fourth-order valence-electron chi connectivity index (χ4n) is 2.38. The summed E-state index contributed by atoms with van der Waals surface area (Å²) in [5.41, 5.74) is 0.752. The minimum atomic E-state index is -0.132. The van der Waals surface area contributed by atoms with Crippen LogP contribution in [0.1, 0.15) is 37.6 Å². The number of ketones is 1. The lowest BCUT2D eigenvalue weighted by molar-refractivity contribution is 0.0862. The first kappa shape index (κ1) is 15.7. The average Bonchev–Trinajstić information content (AvgIpc) is 2.89. The molecule has 0 radical (unpaired) electrons. The molecule has 0 aliphatic heterocycles. The SMILES string of the molecule is CC(C)(C)CC(Cn1cncn1)C(=O)c1ccc(Cl)cc1. The highest BCUT2D eigenvalue weighted by molar-refractivity contribution is 6.30. The Hall–Kier alpha value is -1.68. The zero-order valence-corrected chi connectivity index (χ0v) is 13.3. The summed E-state index contributed by atoms with van der Waals surface area (Å²) < 4.78 is 1.71. The number of hydrogen-bond donors (Lipinski definition) is 0. The molecule has 0 aliphatic rings. The van der Waals surface area contributed by atoms with E-state index in [1.54, 1.807) is 35.3 Å². The minimum absolute atomic E-state index is 0.0628. The van der Waals surface area contributed by atoms with Crippen molar-refractivity contribution in [2.75, 3.05) is 0 Å². The van der Waals surface area contributed by atoms with Gasteiger partial charge in [-0.05, 0) is 36.1 Å². The molecular formula is C16H20ClN3O. The Labute approximate surface area is 130 Å². The summed E-state index contributed by atoms with van der Waals surface area (Å²) in [6, 6.07) is 7.06. The van der Waals surface area contributed by atoms with E-state index in [-0.39, 0.29) is 17.1 Å². The van der Waals surface area contributed by atoms with Crippen molar-refractivity contribution in [2.45, 2.75) is 33.7 Å². The van der Waals surface area contributed by atoms with E-state index in [2.05, 4.69) is 30.9 Å². The number of hydrogen-bond acceptors (Lipinski definition) is 3. The van der Waals surface area contributed by atoms with Gasteiger partial charge in [-0.25, -0.2) is 4.98 Å². The lowest BCUT2D eigenvalue weighted by Crippen LogP contribution is -2.26. The first-order valence-electron chi connectivity index (χ1n) is 6.97. The summed E-state index contributed by atoms with van der Waals surface area (Å²) in [5, 5.41) is 4.74. The fourth-order valence-corrected chi connectivity index (χ4v) is 2.51. The minimum Gasteiger partial charge on any atom is -0.294 e. The Morgan fingerprint density at radius 1 is 1.29 bits per heavy atom. The molecule has 0 N–H and O–H groups in total. The summed E-state index contributed by atoms with van der Waals surface area (Å²) in [6.07, 6.45) is 3.92. The van der Waals surface area contributed by atoms with Gasteiger partial charge in [0.25, 0.3) is 0 Å². The molecule has 1 unspecified atom stereocenters. The summed E-state index contributed by atoms with van der Waals surface area (Å²) in [4.78, 5) is 16.7. The van der Waals surface area contributed by atoms with Crippen LogP contribution in [0.15, 0.2) is 36.9 Å². The van der Waals surface area contributed by atoms with Gasteiger partial charge in [0.05, 0.1) is 6.54 Å². The number of Topliss-reactive ketones (excluding diaryl/α,β-unsaturated/α-hetero) is 1. The monoisotopic (exact) mass is 305 g/mol. The smallest absolute Gasteiger partial charge is 0.167 e. The van der Waals surface area contributed by atoms with Gasteiger partial charge in [-0.1, -0.05) is 32.4 Å². The molecule has 2 rings (SSSR count). The maximum absolute atomic E-state index is 12.8. The van der Waals surface area contributed by atoms with Crippen molar-refractivity contribution >= 4 is 17.4 Å². The van der Waals surface area contributed by atoms with Crippen LogP contribution in [0.4, 0.5) is 0 Å². The van der Waals surface area contributed by atoms with E-state index in [0.29, 0.717) is 17.1 Å². The van der Waals surface area contributed by atoms with Crippen LogP contribution in [0.25, 0.3) is 0 Å². The van der Waals surface area contributed by atoms with Crippen LogP contribution in [0, 0.1) is 11.3 Å². The second kappa shape index (κ2) is 6.39. The molecule has 21 heavy (non-hydrogen) atoms. The van der Waals surface area contributed by atoms with E-state index in [1.807, 2.05) is 0 Å². The molecule has 5 heteroatoms. The van der Waals surface area contributed by atoms with Crippen molar-refractivity contribution in [3.8, 4) is 0 Å². The number of aromatic nitrogens is 3. The molecule has 0 saturated heterocycles. The largest absolute Gasteiger partial charge is 0.294 e. The fraction of sp³-hybridized carbons (Fsp3) is 0.438. The van der Waals surface area contributed by atoms with Gasteiger partial charge >= 0.3 is 0 Å². The number of halogens is 1. The van der Waals surface area contributed by atoms with Gasteiger partial charge in [-0.3, -0.25) is 9.48 Å². The molecule has 1 aromatic heterocycles. The van der Waals surface area contributed by atoms with Crippen LogP contribution in [0.2, 0.25) is 5.02 Å². The second-order valence-corrected chi connectivity index (χ2v) is 6.89. The Balaban J connectivity index is 2.21. The molecule has 1 heterocycles. The molecule has 4 nitrogen and oxygen atoms in total. The molecule has 0 aliphatic carbocycles. The van der Waals surface area contributed by atoms with E-state index < -0.39 is 0 Å². The Bertz CT molecular complexity index is 585. The van der Waals surface area contributed by atoms with Crippen molar-refractivity contribution in [2.24, 2.45) is 11.3 Å². The lowest BCUT2D eigenvalue weighted by atomic mass is 9.81. The zero-order chi connectivity index (χ0) is 15.5. The molecule has 0 amide bonds. The Morgan fingerprint density at radius 2 is 1.95 bits per heavy atom. The zero-order valence-electron chi connectivity index (χ0n) is 12.6. The number of nitrogens with zero attached hydrogens (tertiary/aromatic N) is 3. The second-order valence-electron chi connectivity index (χ2n) is 6.45. The maximum Gasteiger partial charge on any atom is 0.167 e. The number of benzene rings is 1. The quantitative estimate of drug-likeness (QED) is 0.788. The third kappa shape index (κ3) is 4.67. The summed E-state index contributed by atoms with van der Waals surface area (Å²) in [6.45, 7) is 6.95. The molecule has 112 valence electrons. The van der Waals surface area contributed by atoms with E-state index in [0.717, 1.165) is 6.42 Å². The van der Waals surface area contributed by atoms with E-state index >= 15 is 0 Å². The molecule has 0 spiro atoms. The van der Waals surface area contributed by atoms with Gasteiger partial charge in [0.2, 0.25) is 0 Å². The van der Waals surface area contributed by atoms with Crippen molar-refractivity contribution in [3.05, 3.63) is 47.5 Å². The normalized spacial score (nSPS) is 13.1. The Kier molecular flexibility index (Phi) is 4.78. The van der Waals surface area contributed by atoms with E-state index in [1.165, 1.54) is 6.33 Å². The average molecular weight is 306 g/mol. The summed E-state index contributed by atoms with van der Waals surface area (Å²) in [7, 11) is 0. The molecule has 0 saturated carbocycles. The maximum atomic E-state index is 12.8. The van der Waals surface area contributed by atoms with Crippen molar-refractivity contribution in [1.29, 1.82) is 0 Å². The molecule has 2 aromatic rings. The summed E-state index contributed by atoms with van der Waals surface area (Å²) in [5.74, 6) is -0.00929. The summed E-state index contributed by atoms with van der Waals surface area (Å²) >= 11 is 5.88. The third-order valence-electron chi connectivity index (χ3n) is 3.23. The third-order valence-corrected chi connectivity index (χ3v) is 3.48. The van der Waals surface area contributed by atoms with Gasteiger partial charge in [-0.15, -0.1) is 0 Å². The van der Waals surface area contributed by atoms with Crippen LogP contribution < -0.4 is 0 Å². The highest BCUT2D eigenvalue weighted by atomic mass is 35.5. The molecule has 0 fully saturated rings. The van der Waals surface area contributed by atoms with E-state index in [9.17, 15) is 4.79 Å². The molecule has 1 aromatic carbocycles. The van der Waals surface area contributed by atoms with Crippen LogP contribution in [0.5, 0.6) is 0 Å².